The quantitative estimate of drug-likeness (QED) is 0.0373. The Balaban J connectivity index is 1.96. The van der Waals surface area contributed by atoms with Crippen LogP contribution in [0.25, 0.3) is 0 Å². The number of aromatic nitrogens is 1. The molecule has 0 aliphatic carbocycles. The van der Waals surface area contributed by atoms with Gasteiger partial charge in [-0.05, 0) is 26.2 Å². The summed E-state index contributed by atoms with van der Waals surface area (Å²) in [5.74, 6) is -4.84. The number of nitrogens with one attached hydrogen (secondary N) is 3. The van der Waals surface area contributed by atoms with Crippen molar-refractivity contribution in [2.45, 2.75) is 135 Å². The highest BCUT2D eigenvalue weighted by Crippen LogP contribution is 2.18. The lowest BCUT2D eigenvalue weighted by molar-refractivity contribution is -0.151. The third-order valence-electron chi connectivity index (χ3n) is 8.68. The van der Waals surface area contributed by atoms with Crippen LogP contribution in [-0.2, 0) is 47.7 Å². The molecule has 332 valence electrons. The Kier molecular flexibility index (Phi) is 29.8. The Labute approximate surface area is 340 Å². The van der Waals surface area contributed by atoms with Gasteiger partial charge in [-0.3, -0.25) is 19.2 Å². The molecule has 1 rings (SSSR count). The molecule has 0 spiro atoms. The van der Waals surface area contributed by atoms with E-state index < -0.39 is 54.5 Å². The largest absolute Gasteiger partial charge is 0.492 e. The van der Waals surface area contributed by atoms with Crippen LogP contribution in [0.15, 0.2) is 12.1 Å². The summed E-state index contributed by atoms with van der Waals surface area (Å²) in [6.07, 6.45) is 14.7. The highest BCUT2D eigenvalue weighted by molar-refractivity contribution is 5.84. The first-order valence-electron chi connectivity index (χ1n) is 20.3. The number of ether oxygens (including phenoxy) is 4. The van der Waals surface area contributed by atoms with E-state index in [9.17, 15) is 44.1 Å². The fourth-order valence-electron chi connectivity index (χ4n) is 5.59. The molecular formula is C39H66N4O15. The zero-order chi connectivity index (χ0) is 42.8. The molecule has 1 aromatic heterocycles. The maximum absolute atomic E-state index is 12.3. The molecule has 19 nitrogen and oxygen atoms in total. The lowest BCUT2D eigenvalue weighted by Crippen LogP contribution is -2.41. The van der Waals surface area contributed by atoms with Crippen LogP contribution >= 0.6 is 0 Å². The van der Waals surface area contributed by atoms with Crippen LogP contribution in [0.2, 0.25) is 0 Å². The number of nitrogens with zero attached hydrogens (tertiary/aromatic N) is 1. The van der Waals surface area contributed by atoms with Gasteiger partial charge in [0.15, 0.2) is 0 Å². The van der Waals surface area contributed by atoms with Crippen molar-refractivity contribution in [3.8, 4) is 11.8 Å². The number of aliphatic carboxylic acids is 2. The van der Waals surface area contributed by atoms with E-state index in [-0.39, 0.29) is 83.7 Å². The number of unbranched alkanes of at least 4 members (excludes halogenated alkanes) is 13. The molecule has 0 saturated heterocycles. The van der Waals surface area contributed by atoms with E-state index in [4.69, 9.17) is 28.9 Å². The van der Waals surface area contributed by atoms with E-state index in [1.54, 1.807) is 6.92 Å². The standard InChI is InChI=1S/C39H66N4O15/c1-30(57-27-26-56-29-38(51)58-43-35(47)20-21-36(43)48)41-34(46)28-55-25-24-54-23-22-40-32(44)19-18-31(39(52)53)42-33(45)16-14-12-10-8-6-4-2-3-5-7-9-11-13-15-17-37(49)50/h20-21,30-31,47-48H,2-19,22-29H2,1H3,(H,40,44)(H,41,46)(H,42,45)(H,49,50)(H,52,53). The van der Waals surface area contributed by atoms with Crippen molar-refractivity contribution >= 4 is 35.6 Å². The lowest BCUT2D eigenvalue weighted by Gasteiger charge is -2.15. The molecule has 2 unspecified atom stereocenters. The van der Waals surface area contributed by atoms with Crippen LogP contribution in [0.3, 0.4) is 0 Å². The molecule has 0 aliphatic rings. The second kappa shape index (κ2) is 33.5. The topological polar surface area (TPSA) is 271 Å². The fourth-order valence-corrected chi connectivity index (χ4v) is 5.59. The maximum Gasteiger partial charge on any atom is 0.358 e. The van der Waals surface area contributed by atoms with Crippen molar-refractivity contribution in [3.05, 3.63) is 12.1 Å². The van der Waals surface area contributed by atoms with Gasteiger partial charge in [0.25, 0.3) is 0 Å². The number of carbonyl (C=O) groups is 6. The molecular weight excluding hydrogens is 764 g/mol. The van der Waals surface area contributed by atoms with Crippen molar-refractivity contribution in [1.29, 1.82) is 0 Å². The molecule has 1 aromatic rings. The average molecular weight is 831 g/mol. The number of carboxylic acid groups (broad SMARTS) is 2. The van der Waals surface area contributed by atoms with E-state index in [1.807, 2.05) is 0 Å². The van der Waals surface area contributed by atoms with Gasteiger partial charge in [-0.25, -0.2) is 9.59 Å². The molecule has 3 amide bonds. The molecule has 58 heavy (non-hydrogen) atoms. The van der Waals surface area contributed by atoms with Crippen molar-refractivity contribution in [1.82, 2.24) is 20.7 Å². The molecule has 0 bridgehead atoms. The van der Waals surface area contributed by atoms with Crippen molar-refractivity contribution < 1.29 is 73.0 Å². The van der Waals surface area contributed by atoms with Gasteiger partial charge in [0.2, 0.25) is 29.5 Å². The Morgan fingerprint density at radius 1 is 0.603 bits per heavy atom. The first-order valence-corrected chi connectivity index (χ1v) is 20.3. The van der Waals surface area contributed by atoms with Gasteiger partial charge < -0.3 is 60.2 Å². The van der Waals surface area contributed by atoms with Gasteiger partial charge in [-0.2, -0.15) is 0 Å². The van der Waals surface area contributed by atoms with Crippen LogP contribution < -0.4 is 20.8 Å². The highest BCUT2D eigenvalue weighted by atomic mass is 16.7. The van der Waals surface area contributed by atoms with Crippen LogP contribution in [0, 0.1) is 0 Å². The fraction of sp³-hybridized carbons (Fsp3) is 0.744. The molecule has 0 saturated carbocycles. The predicted octanol–water partition coefficient (Wildman–Crippen LogP) is 3.18. The Hall–Kier alpha value is -4.46. The molecule has 0 aliphatic heterocycles. The number of carbonyl (C=O) groups excluding carboxylic acids is 4. The molecule has 7 N–H and O–H groups in total. The summed E-state index contributed by atoms with van der Waals surface area (Å²) in [7, 11) is 0. The number of amides is 3. The summed E-state index contributed by atoms with van der Waals surface area (Å²) in [5, 5.41) is 44.8. The second-order valence-electron chi connectivity index (χ2n) is 13.8. The van der Waals surface area contributed by atoms with Crippen LogP contribution in [-0.4, -0.2) is 126 Å². The molecule has 0 fully saturated rings. The molecule has 2 atom stereocenters. The van der Waals surface area contributed by atoms with Crippen molar-refractivity contribution in [2.24, 2.45) is 0 Å². The summed E-state index contributed by atoms with van der Waals surface area (Å²) in [5.41, 5.74) is 0. The van der Waals surface area contributed by atoms with Crippen molar-refractivity contribution in [2.75, 3.05) is 52.8 Å². The van der Waals surface area contributed by atoms with Crippen LogP contribution in [0.1, 0.15) is 122 Å². The zero-order valence-corrected chi connectivity index (χ0v) is 33.9. The molecule has 1 heterocycles. The number of hydrogen-bond acceptors (Lipinski definition) is 13. The Morgan fingerprint density at radius 2 is 1.12 bits per heavy atom. The number of hydrogen-bond donors (Lipinski definition) is 7. The van der Waals surface area contributed by atoms with Crippen LogP contribution in [0.5, 0.6) is 11.8 Å². The normalized spacial score (nSPS) is 12.1. The zero-order valence-electron chi connectivity index (χ0n) is 33.9. The van der Waals surface area contributed by atoms with E-state index in [0.717, 1.165) is 57.1 Å². The summed E-state index contributed by atoms with van der Waals surface area (Å²) in [6.45, 7) is 1.55. The number of rotatable bonds is 38. The van der Waals surface area contributed by atoms with Gasteiger partial charge >= 0.3 is 17.9 Å². The monoisotopic (exact) mass is 830 g/mol. The van der Waals surface area contributed by atoms with E-state index in [1.165, 1.54) is 38.5 Å². The van der Waals surface area contributed by atoms with Crippen molar-refractivity contribution in [3.63, 3.8) is 0 Å². The second-order valence-corrected chi connectivity index (χ2v) is 13.8. The van der Waals surface area contributed by atoms with Crippen LogP contribution in [0.4, 0.5) is 0 Å². The van der Waals surface area contributed by atoms with E-state index >= 15 is 0 Å². The summed E-state index contributed by atoms with van der Waals surface area (Å²) < 4.78 is 21.6. The van der Waals surface area contributed by atoms with E-state index in [0.29, 0.717) is 11.2 Å². The smallest absolute Gasteiger partial charge is 0.358 e. The highest BCUT2D eigenvalue weighted by Gasteiger charge is 2.21. The van der Waals surface area contributed by atoms with Gasteiger partial charge in [0, 0.05) is 37.9 Å². The minimum Gasteiger partial charge on any atom is -0.492 e. The van der Waals surface area contributed by atoms with Gasteiger partial charge in [0.05, 0.1) is 33.0 Å². The predicted molar refractivity (Wildman–Crippen MR) is 209 cm³/mol. The first-order chi connectivity index (χ1) is 27.9. The summed E-state index contributed by atoms with van der Waals surface area (Å²) >= 11 is 0. The third-order valence-corrected chi connectivity index (χ3v) is 8.68. The minimum absolute atomic E-state index is 0.00120. The van der Waals surface area contributed by atoms with Gasteiger partial charge in [-0.15, -0.1) is 4.73 Å². The lowest BCUT2D eigenvalue weighted by atomic mass is 10.0. The summed E-state index contributed by atoms with van der Waals surface area (Å²) in [6, 6.07) is 1.13. The maximum atomic E-state index is 12.3. The summed E-state index contributed by atoms with van der Waals surface area (Å²) in [4.78, 5) is 75.1. The SMILES string of the molecule is CC(NC(=O)COCCOCCNC(=O)CCC(NC(=O)CCCCCCCCCCCCCCCCC(=O)O)C(=O)O)OCCOCC(=O)On1c(O)ccc1O. The number of carboxylic acids is 2. The van der Waals surface area contributed by atoms with Gasteiger partial charge in [-0.1, -0.05) is 77.0 Å². The molecule has 0 radical (unpaired) electrons. The Bertz CT molecular complexity index is 1310. The average Bonchev–Trinajstić information content (AvgIpc) is 3.48. The number of aromatic hydroxyl groups is 2. The van der Waals surface area contributed by atoms with Gasteiger partial charge in [0.1, 0.15) is 25.5 Å². The Morgan fingerprint density at radius 3 is 1.69 bits per heavy atom. The third kappa shape index (κ3) is 28.9. The molecule has 19 heteroatoms. The molecule has 0 aromatic carbocycles. The first kappa shape index (κ1) is 51.6. The minimum atomic E-state index is -1.20. The van der Waals surface area contributed by atoms with E-state index in [2.05, 4.69) is 16.0 Å².